The van der Waals surface area contributed by atoms with Crippen LogP contribution in [0.25, 0.3) is 0 Å². The van der Waals surface area contributed by atoms with Crippen molar-refractivity contribution in [1.82, 2.24) is 8.46 Å². The van der Waals surface area contributed by atoms with E-state index in [1.165, 1.54) is 0 Å². The molecule has 0 saturated heterocycles. The minimum absolute atomic E-state index is 0.930. The normalized spacial score (nSPS) is 14.3. The predicted molar refractivity (Wildman–Crippen MR) is 68.0 cm³/mol. The van der Waals surface area contributed by atoms with Gasteiger partial charge in [-0.15, -0.1) is 0 Å². The molecule has 0 fully saturated rings. The third-order valence-electron chi connectivity index (χ3n) is 2.98. The first-order chi connectivity index (χ1) is 5.64. The van der Waals surface area contributed by atoms with Gasteiger partial charge in [-0.25, -0.2) is 0 Å². The van der Waals surface area contributed by atoms with E-state index in [0.717, 1.165) is 9.68 Å². The van der Waals surface area contributed by atoms with Crippen LogP contribution in [0.1, 0.15) is 0 Å². The van der Waals surface area contributed by atoms with E-state index in [1.54, 1.807) is 0 Å². The SMILES string of the molecule is C[Si]N(C)[Si](C)(C)N(C)[Si](C)(C)C. The molecule has 0 heterocycles. The summed E-state index contributed by atoms with van der Waals surface area (Å²) in [4.78, 5) is 0. The molecule has 0 aliphatic carbocycles. The van der Waals surface area contributed by atoms with Gasteiger partial charge in [0.05, 0.1) is 0 Å². The fourth-order valence-electron chi connectivity index (χ4n) is 1.32. The first kappa shape index (κ1) is 13.6. The number of rotatable bonds is 4. The molecule has 0 aliphatic rings. The Morgan fingerprint density at radius 3 is 1.54 bits per heavy atom. The molecule has 5 heteroatoms. The summed E-state index contributed by atoms with van der Waals surface area (Å²) in [6.45, 7) is 14.4. The summed E-state index contributed by atoms with van der Waals surface area (Å²) in [7, 11) is 3.09. The topological polar surface area (TPSA) is 6.48 Å². The van der Waals surface area contributed by atoms with Crippen LogP contribution in [0.15, 0.2) is 0 Å². The minimum atomic E-state index is -1.30. The van der Waals surface area contributed by atoms with Crippen LogP contribution in [0.5, 0.6) is 0 Å². The average Bonchev–Trinajstić information content (AvgIpc) is 1.99. The fraction of sp³-hybridized carbons (Fsp3) is 1.00. The van der Waals surface area contributed by atoms with E-state index >= 15 is 0 Å². The van der Waals surface area contributed by atoms with Crippen LogP contribution in [-0.4, -0.2) is 48.9 Å². The maximum atomic E-state index is 2.69. The summed E-state index contributed by atoms with van der Waals surface area (Å²) in [6, 6.07) is 0. The molecule has 13 heavy (non-hydrogen) atoms. The standard InChI is InChI=1S/C8H24N2Si3/c1-9(11-3)13(7,8)10(2)12(4,5)6/h1-8H3. The molecule has 0 aromatic heterocycles. The van der Waals surface area contributed by atoms with Crippen molar-refractivity contribution in [3.8, 4) is 0 Å². The highest BCUT2D eigenvalue weighted by molar-refractivity contribution is 6.90. The van der Waals surface area contributed by atoms with Crippen molar-refractivity contribution in [3.05, 3.63) is 0 Å². The van der Waals surface area contributed by atoms with E-state index in [0.29, 0.717) is 0 Å². The zero-order valence-electron chi connectivity index (χ0n) is 10.4. The van der Waals surface area contributed by atoms with Crippen molar-refractivity contribution >= 4 is 26.3 Å². The Labute approximate surface area is 88.5 Å². The van der Waals surface area contributed by atoms with E-state index in [9.17, 15) is 0 Å². The molecule has 0 N–H and O–H groups in total. The van der Waals surface area contributed by atoms with Crippen molar-refractivity contribution < 1.29 is 0 Å². The van der Waals surface area contributed by atoms with Gasteiger partial charge in [-0.2, -0.15) is 0 Å². The van der Waals surface area contributed by atoms with E-state index in [-0.39, 0.29) is 0 Å². The second-order valence-corrected chi connectivity index (χ2v) is 16.4. The van der Waals surface area contributed by atoms with Gasteiger partial charge in [-0.1, -0.05) is 26.2 Å². The molecule has 78 valence electrons. The molecular formula is C8H24N2Si3. The molecule has 0 spiro atoms. The average molecular weight is 233 g/mol. The highest BCUT2D eigenvalue weighted by Crippen LogP contribution is 2.18. The van der Waals surface area contributed by atoms with Crippen LogP contribution in [0.4, 0.5) is 0 Å². The molecule has 0 bridgehead atoms. The Morgan fingerprint density at radius 1 is 0.923 bits per heavy atom. The summed E-state index contributed by atoms with van der Waals surface area (Å²) < 4.78 is 5.25. The van der Waals surface area contributed by atoms with Crippen LogP contribution in [-0.2, 0) is 0 Å². The predicted octanol–water partition coefficient (Wildman–Crippen LogP) is 2.05. The molecule has 0 aliphatic heterocycles. The second kappa shape index (κ2) is 4.39. The highest BCUT2D eigenvalue weighted by Gasteiger charge is 2.37. The Balaban J connectivity index is 4.63. The Kier molecular flexibility index (Phi) is 4.59. The highest BCUT2D eigenvalue weighted by atomic mass is 28.4. The van der Waals surface area contributed by atoms with Gasteiger partial charge in [0.1, 0.15) is 17.9 Å². The lowest BCUT2D eigenvalue weighted by Crippen LogP contribution is -2.66. The smallest absolute Gasteiger partial charge is 0.186 e. The van der Waals surface area contributed by atoms with Gasteiger partial charge in [0.25, 0.3) is 0 Å². The van der Waals surface area contributed by atoms with Crippen LogP contribution in [0.2, 0.25) is 39.3 Å². The van der Waals surface area contributed by atoms with Crippen LogP contribution >= 0.6 is 0 Å². The Hall–Kier alpha value is 0.571. The van der Waals surface area contributed by atoms with Gasteiger partial charge in [-0.3, -0.25) is 0 Å². The molecule has 0 aromatic rings. The number of nitrogens with zero attached hydrogens (tertiary/aromatic N) is 2. The van der Waals surface area contributed by atoms with Crippen molar-refractivity contribution in [1.29, 1.82) is 0 Å². The minimum Gasteiger partial charge on any atom is -0.339 e. The van der Waals surface area contributed by atoms with Gasteiger partial charge in [0.15, 0.2) is 8.40 Å². The summed E-state index contributed by atoms with van der Waals surface area (Å²) >= 11 is 0. The lowest BCUT2D eigenvalue weighted by atomic mass is 11.6. The molecule has 2 nitrogen and oxygen atoms in total. The van der Waals surface area contributed by atoms with Gasteiger partial charge >= 0.3 is 0 Å². The fourth-order valence-corrected chi connectivity index (χ4v) is 11.7. The molecule has 0 saturated carbocycles. The molecule has 0 amide bonds. The quantitative estimate of drug-likeness (QED) is 0.685. The van der Waals surface area contributed by atoms with Crippen molar-refractivity contribution in [3.63, 3.8) is 0 Å². The first-order valence-corrected chi connectivity index (χ1v) is 12.6. The molecule has 0 rings (SSSR count). The number of hydrogen-bond acceptors (Lipinski definition) is 2. The van der Waals surface area contributed by atoms with Crippen LogP contribution < -0.4 is 0 Å². The lowest BCUT2D eigenvalue weighted by Gasteiger charge is -2.46. The maximum absolute atomic E-state index is 2.69. The van der Waals surface area contributed by atoms with Crippen LogP contribution in [0.3, 0.4) is 0 Å². The molecule has 2 radical (unpaired) electrons. The van der Waals surface area contributed by atoms with Crippen LogP contribution in [0, 0.1) is 0 Å². The summed E-state index contributed by atoms with van der Waals surface area (Å²) in [6.07, 6.45) is 0. The molecule has 0 atom stereocenters. The van der Waals surface area contributed by atoms with Gasteiger partial charge in [0.2, 0.25) is 0 Å². The maximum Gasteiger partial charge on any atom is 0.186 e. The largest absolute Gasteiger partial charge is 0.339 e. The second-order valence-electron chi connectivity index (χ2n) is 5.01. The zero-order valence-corrected chi connectivity index (χ0v) is 13.4. The van der Waals surface area contributed by atoms with E-state index in [4.69, 9.17) is 0 Å². The third kappa shape index (κ3) is 3.32. The Bertz CT molecular complexity index is 165. The molecular weight excluding hydrogens is 208 g/mol. The van der Waals surface area contributed by atoms with Crippen molar-refractivity contribution in [2.24, 2.45) is 0 Å². The van der Waals surface area contributed by atoms with Crippen molar-refractivity contribution in [2.45, 2.75) is 39.3 Å². The monoisotopic (exact) mass is 232 g/mol. The van der Waals surface area contributed by atoms with Gasteiger partial charge < -0.3 is 8.46 Å². The molecule has 0 unspecified atom stereocenters. The summed E-state index contributed by atoms with van der Waals surface area (Å²) in [5.74, 6) is 0. The van der Waals surface area contributed by atoms with Crippen molar-refractivity contribution in [2.75, 3.05) is 14.1 Å². The van der Waals surface area contributed by atoms with E-state index < -0.39 is 16.6 Å². The Morgan fingerprint density at radius 2 is 1.31 bits per heavy atom. The molecule has 0 aromatic carbocycles. The number of hydrogen-bond donors (Lipinski definition) is 0. The summed E-state index contributed by atoms with van der Waals surface area (Å²) in [5, 5.41) is 0. The van der Waals surface area contributed by atoms with E-state index in [1.807, 2.05) is 0 Å². The van der Waals surface area contributed by atoms with E-state index in [2.05, 4.69) is 61.8 Å². The lowest BCUT2D eigenvalue weighted by molar-refractivity contribution is 0.639. The first-order valence-electron chi connectivity index (χ1n) is 4.79. The van der Waals surface area contributed by atoms with Gasteiger partial charge in [-0.05, 0) is 27.2 Å². The zero-order chi connectivity index (χ0) is 10.9. The third-order valence-corrected chi connectivity index (χ3v) is 14.9. The van der Waals surface area contributed by atoms with Gasteiger partial charge in [0, 0.05) is 0 Å². The summed E-state index contributed by atoms with van der Waals surface area (Å²) in [5.41, 5.74) is 0.